The molecule has 0 aromatic rings. The topological polar surface area (TPSA) is 55.1 Å². The second-order valence-corrected chi connectivity index (χ2v) is 4.04. The Labute approximate surface area is 93.1 Å². The van der Waals surface area contributed by atoms with Crippen LogP contribution >= 0.6 is 0 Å². The van der Waals surface area contributed by atoms with Crippen molar-refractivity contribution in [1.82, 2.24) is 5.32 Å². The molecule has 0 spiro atoms. The maximum atomic E-state index is 11.5. The first-order chi connectivity index (χ1) is 7.11. The van der Waals surface area contributed by atoms with Crippen LogP contribution in [0.4, 0.5) is 0 Å². The van der Waals surface area contributed by atoms with E-state index in [0.717, 1.165) is 12.8 Å². The van der Waals surface area contributed by atoms with E-state index in [0.29, 0.717) is 6.42 Å². The summed E-state index contributed by atoms with van der Waals surface area (Å²) in [6.45, 7) is 7.75. The van der Waals surface area contributed by atoms with Gasteiger partial charge in [0, 0.05) is 6.04 Å². The first-order valence-corrected chi connectivity index (χ1v) is 5.78. The van der Waals surface area contributed by atoms with Crippen LogP contribution in [0.15, 0.2) is 12.7 Å². The molecule has 0 aliphatic rings. The maximum absolute atomic E-state index is 11.5. The molecular weight excluding hydrogens is 188 g/mol. The minimum Gasteiger partial charge on any atom is -0.352 e. The van der Waals surface area contributed by atoms with Crippen molar-refractivity contribution in [2.75, 3.05) is 0 Å². The average Bonchev–Trinajstić information content (AvgIpc) is 2.18. The van der Waals surface area contributed by atoms with Gasteiger partial charge in [0.1, 0.15) is 0 Å². The molecule has 0 aromatic heterocycles. The summed E-state index contributed by atoms with van der Waals surface area (Å²) in [4.78, 5) is 11.5. The van der Waals surface area contributed by atoms with Gasteiger partial charge in [-0.3, -0.25) is 4.79 Å². The van der Waals surface area contributed by atoms with Gasteiger partial charge in [-0.25, -0.2) is 0 Å². The summed E-state index contributed by atoms with van der Waals surface area (Å²) in [5.41, 5.74) is 5.65. The lowest BCUT2D eigenvalue weighted by Crippen LogP contribution is -2.44. The van der Waals surface area contributed by atoms with Crippen molar-refractivity contribution in [2.24, 2.45) is 5.73 Å². The molecule has 0 rings (SSSR count). The van der Waals surface area contributed by atoms with Gasteiger partial charge in [0.15, 0.2) is 0 Å². The van der Waals surface area contributed by atoms with E-state index in [1.165, 1.54) is 12.8 Å². The molecule has 0 heterocycles. The lowest BCUT2D eigenvalue weighted by Gasteiger charge is -2.16. The summed E-state index contributed by atoms with van der Waals surface area (Å²) in [5.74, 6) is -0.0705. The van der Waals surface area contributed by atoms with Gasteiger partial charge in [-0.15, -0.1) is 6.58 Å². The number of carbonyl (C=O) groups is 1. The van der Waals surface area contributed by atoms with E-state index in [4.69, 9.17) is 5.73 Å². The van der Waals surface area contributed by atoms with Gasteiger partial charge in [0.25, 0.3) is 0 Å². The fourth-order valence-electron chi connectivity index (χ4n) is 1.41. The molecule has 15 heavy (non-hydrogen) atoms. The number of hydrogen-bond acceptors (Lipinski definition) is 2. The fourth-order valence-corrected chi connectivity index (χ4v) is 1.41. The number of hydrogen-bond donors (Lipinski definition) is 2. The smallest absolute Gasteiger partial charge is 0.237 e. The number of unbranched alkanes of at least 4 members (excludes halogenated alkanes) is 2. The van der Waals surface area contributed by atoms with Gasteiger partial charge >= 0.3 is 0 Å². The monoisotopic (exact) mass is 212 g/mol. The van der Waals surface area contributed by atoms with Crippen molar-refractivity contribution in [2.45, 2.75) is 58.0 Å². The lowest BCUT2D eigenvalue weighted by molar-refractivity contribution is -0.122. The standard InChI is InChI=1S/C12H24N2O/c1-4-6-7-9-10(3)14-12(15)11(13)8-5-2/h5,10-11H,2,4,6-9,13H2,1,3H3,(H,14,15). The van der Waals surface area contributed by atoms with Gasteiger partial charge in [0.2, 0.25) is 5.91 Å². The Kier molecular flexibility index (Phi) is 8.01. The third-order valence-electron chi connectivity index (χ3n) is 2.39. The first-order valence-electron chi connectivity index (χ1n) is 5.78. The minimum absolute atomic E-state index is 0.0705. The van der Waals surface area contributed by atoms with Crippen LogP contribution in [0.1, 0.15) is 46.0 Å². The summed E-state index contributed by atoms with van der Waals surface area (Å²) in [6, 6.07) is -0.226. The molecule has 0 aliphatic carbocycles. The molecule has 88 valence electrons. The predicted molar refractivity (Wildman–Crippen MR) is 64.5 cm³/mol. The van der Waals surface area contributed by atoms with Crippen LogP contribution in [-0.2, 0) is 4.79 Å². The van der Waals surface area contributed by atoms with Crippen LogP contribution in [-0.4, -0.2) is 18.0 Å². The normalized spacial score (nSPS) is 14.3. The minimum atomic E-state index is -0.448. The zero-order chi connectivity index (χ0) is 11.7. The van der Waals surface area contributed by atoms with Gasteiger partial charge in [0.05, 0.1) is 6.04 Å². The van der Waals surface area contributed by atoms with Crippen molar-refractivity contribution in [3.63, 3.8) is 0 Å². The van der Waals surface area contributed by atoms with E-state index >= 15 is 0 Å². The Hall–Kier alpha value is -0.830. The Morgan fingerprint density at radius 2 is 2.20 bits per heavy atom. The van der Waals surface area contributed by atoms with Gasteiger partial charge < -0.3 is 11.1 Å². The van der Waals surface area contributed by atoms with E-state index in [2.05, 4.69) is 18.8 Å². The van der Waals surface area contributed by atoms with E-state index in [1.54, 1.807) is 6.08 Å². The maximum Gasteiger partial charge on any atom is 0.237 e. The lowest BCUT2D eigenvalue weighted by atomic mass is 10.1. The summed E-state index contributed by atoms with van der Waals surface area (Å²) in [6.07, 6.45) is 6.82. The molecule has 0 aromatic carbocycles. The van der Waals surface area contributed by atoms with Crippen LogP contribution in [0.3, 0.4) is 0 Å². The molecule has 2 atom stereocenters. The average molecular weight is 212 g/mol. The Balaban J connectivity index is 3.69. The molecule has 0 saturated heterocycles. The number of nitrogens with one attached hydrogen (secondary N) is 1. The molecule has 2 unspecified atom stereocenters. The second-order valence-electron chi connectivity index (χ2n) is 4.04. The fraction of sp³-hybridized carbons (Fsp3) is 0.750. The highest BCUT2D eigenvalue weighted by Crippen LogP contribution is 2.03. The van der Waals surface area contributed by atoms with E-state index < -0.39 is 6.04 Å². The van der Waals surface area contributed by atoms with Crippen LogP contribution in [0.2, 0.25) is 0 Å². The van der Waals surface area contributed by atoms with Crippen molar-refractivity contribution in [3.8, 4) is 0 Å². The largest absolute Gasteiger partial charge is 0.352 e. The number of carbonyl (C=O) groups excluding carboxylic acids is 1. The highest BCUT2D eigenvalue weighted by atomic mass is 16.2. The first kappa shape index (κ1) is 14.2. The van der Waals surface area contributed by atoms with Crippen molar-refractivity contribution < 1.29 is 4.79 Å². The molecule has 1 amide bonds. The molecule has 3 nitrogen and oxygen atoms in total. The molecule has 0 radical (unpaired) electrons. The molecule has 0 fully saturated rings. The predicted octanol–water partition coefficient (Wildman–Crippen LogP) is 1.97. The van der Waals surface area contributed by atoms with Gasteiger partial charge in [-0.05, 0) is 19.8 Å². The van der Waals surface area contributed by atoms with E-state index in [-0.39, 0.29) is 11.9 Å². The third kappa shape index (κ3) is 7.14. The SMILES string of the molecule is C=CCC(N)C(=O)NC(C)CCCCC. The van der Waals surface area contributed by atoms with Crippen molar-refractivity contribution in [1.29, 1.82) is 0 Å². The van der Waals surface area contributed by atoms with Crippen LogP contribution < -0.4 is 11.1 Å². The summed E-state index contributed by atoms with van der Waals surface area (Å²) < 4.78 is 0. The van der Waals surface area contributed by atoms with E-state index in [9.17, 15) is 4.79 Å². The highest BCUT2D eigenvalue weighted by molar-refractivity contribution is 5.81. The number of nitrogens with two attached hydrogens (primary N) is 1. The molecule has 0 aliphatic heterocycles. The summed E-state index contributed by atoms with van der Waals surface area (Å²) in [7, 11) is 0. The van der Waals surface area contributed by atoms with Crippen molar-refractivity contribution in [3.05, 3.63) is 12.7 Å². The molecular formula is C12H24N2O. The quantitative estimate of drug-likeness (QED) is 0.477. The zero-order valence-electron chi connectivity index (χ0n) is 9.96. The molecule has 3 heteroatoms. The van der Waals surface area contributed by atoms with Gasteiger partial charge in [-0.2, -0.15) is 0 Å². The summed E-state index contributed by atoms with van der Waals surface area (Å²) >= 11 is 0. The highest BCUT2D eigenvalue weighted by Gasteiger charge is 2.13. The Morgan fingerprint density at radius 1 is 1.53 bits per heavy atom. The molecule has 0 saturated carbocycles. The Morgan fingerprint density at radius 3 is 2.73 bits per heavy atom. The van der Waals surface area contributed by atoms with Crippen LogP contribution in [0.25, 0.3) is 0 Å². The van der Waals surface area contributed by atoms with Gasteiger partial charge in [-0.1, -0.05) is 32.3 Å². The van der Waals surface area contributed by atoms with Crippen molar-refractivity contribution >= 4 is 5.91 Å². The second kappa shape index (κ2) is 8.48. The number of amides is 1. The third-order valence-corrected chi connectivity index (χ3v) is 2.39. The van der Waals surface area contributed by atoms with Crippen LogP contribution in [0, 0.1) is 0 Å². The van der Waals surface area contributed by atoms with Crippen LogP contribution in [0.5, 0.6) is 0 Å². The summed E-state index contributed by atoms with van der Waals surface area (Å²) in [5, 5.41) is 2.91. The Bertz CT molecular complexity index is 192. The molecule has 3 N–H and O–H groups in total. The van der Waals surface area contributed by atoms with E-state index in [1.807, 2.05) is 6.92 Å². The molecule has 0 bridgehead atoms. The number of rotatable bonds is 8. The zero-order valence-corrected chi connectivity index (χ0v) is 9.96.